The Bertz CT molecular complexity index is 414. The molecule has 0 bridgehead atoms. The Morgan fingerprint density at radius 2 is 1.88 bits per heavy atom. The summed E-state index contributed by atoms with van der Waals surface area (Å²) in [5.74, 6) is -0.0112. The van der Waals surface area contributed by atoms with Crippen LogP contribution in [-0.4, -0.2) is 29.7 Å². The summed E-state index contributed by atoms with van der Waals surface area (Å²) in [6, 6.07) is 8.00. The first kappa shape index (κ1) is 11.3. The quantitative estimate of drug-likeness (QED) is 0.793. The van der Waals surface area contributed by atoms with E-state index in [-0.39, 0.29) is 24.7 Å². The molecule has 0 unspecified atom stereocenters. The zero-order valence-electron chi connectivity index (χ0n) is 8.78. The smallest absolute Gasteiger partial charge is 0.230 e. The number of halogens is 1. The van der Waals surface area contributed by atoms with Crippen LogP contribution in [0.15, 0.2) is 28.7 Å². The van der Waals surface area contributed by atoms with Crippen molar-refractivity contribution in [3.63, 3.8) is 0 Å². The number of amides is 1. The molecule has 3 nitrogen and oxygen atoms in total. The third-order valence-electron chi connectivity index (χ3n) is 2.65. The molecule has 1 aliphatic rings. The predicted octanol–water partition coefficient (Wildman–Crippen LogP) is 1.79. The lowest BCUT2D eigenvalue weighted by molar-refractivity contribution is -0.127. The highest BCUT2D eigenvalue weighted by Crippen LogP contribution is 2.12. The highest BCUT2D eigenvalue weighted by molar-refractivity contribution is 9.10. The second-order valence-electron chi connectivity index (χ2n) is 3.91. The highest BCUT2D eigenvalue weighted by atomic mass is 79.9. The average Bonchev–Trinajstić information content (AvgIpc) is 2.57. The van der Waals surface area contributed by atoms with Gasteiger partial charge in [-0.1, -0.05) is 28.1 Å². The number of carbonyl (C=O) groups excluding carboxylic acids is 2. The number of hydrogen-bond acceptors (Lipinski definition) is 2. The number of carbonyl (C=O) groups is 2. The fourth-order valence-electron chi connectivity index (χ4n) is 1.76. The van der Waals surface area contributed by atoms with E-state index in [1.807, 2.05) is 24.3 Å². The molecule has 84 valence electrons. The van der Waals surface area contributed by atoms with Crippen molar-refractivity contribution >= 4 is 27.6 Å². The van der Waals surface area contributed by atoms with Crippen LogP contribution < -0.4 is 0 Å². The monoisotopic (exact) mass is 281 g/mol. The van der Waals surface area contributed by atoms with Crippen molar-refractivity contribution in [1.82, 2.24) is 4.90 Å². The number of Topliss-reactive ketones (excluding diaryl/α,β-unsaturated/α-hetero) is 1. The average molecular weight is 282 g/mol. The summed E-state index contributed by atoms with van der Waals surface area (Å²) < 4.78 is 1.05. The van der Waals surface area contributed by atoms with Crippen LogP contribution in [-0.2, 0) is 16.0 Å². The van der Waals surface area contributed by atoms with E-state index in [4.69, 9.17) is 0 Å². The summed E-state index contributed by atoms with van der Waals surface area (Å²) >= 11 is 3.37. The molecule has 1 heterocycles. The van der Waals surface area contributed by atoms with Gasteiger partial charge < -0.3 is 4.90 Å². The molecular formula is C12H12BrNO2. The molecule has 1 amide bonds. The first-order chi connectivity index (χ1) is 7.65. The lowest BCUT2D eigenvalue weighted by Gasteiger charge is -2.14. The van der Waals surface area contributed by atoms with Gasteiger partial charge in [-0.3, -0.25) is 9.59 Å². The lowest BCUT2D eigenvalue weighted by Crippen LogP contribution is -2.27. The molecule has 1 saturated heterocycles. The molecule has 1 aliphatic heterocycles. The molecule has 1 aromatic rings. The molecular weight excluding hydrogens is 270 g/mol. The van der Waals surface area contributed by atoms with Gasteiger partial charge in [0.05, 0.1) is 13.0 Å². The molecule has 1 aromatic carbocycles. The minimum atomic E-state index is -0.0397. The SMILES string of the molecule is O=C1CC(=O)N(CCc2ccc(Br)cc2)C1. The van der Waals surface area contributed by atoms with E-state index in [0.717, 1.165) is 10.9 Å². The maximum absolute atomic E-state index is 11.4. The van der Waals surface area contributed by atoms with Crippen LogP contribution in [0.25, 0.3) is 0 Å². The molecule has 2 rings (SSSR count). The van der Waals surface area contributed by atoms with E-state index in [9.17, 15) is 9.59 Å². The zero-order valence-corrected chi connectivity index (χ0v) is 10.4. The molecule has 0 spiro atoms. The van der Waals surface area contributed by atoms with E-state index < -0.39 is 0 Å². The summed E-state index contributed by atoms with van der Waals surface area (Å²) in [7, 11) is 0. The number of likely N-dealkylation sites (tertiary alicyclic amines) is 1. The second kappa shape index (κ2) is 4.78. The van der Waals surface area contributed by atoms with E-state index in [2.05, 4.69) is 15.9 Å². The molecule has 0 atom stereocenters. The van der Waals surface area contributed by atoms with Crippen LogP contribution in [0.3, 0.4) is 0 Å². The van der Waals surface area contributed by atoms with Crippen molar-refractivity contribution in [3.8, 4) is 0 Å². The van der Waals surface area contributed by atoms with Crippen molar-refractivity contribution in [3.05, 3.63) is 34.3 Å². The van der Waals surface area contributed by atoms with Crippen LogP contribution in [0.1, 0.15) is 12.0 Å². The first-order valence-corrected chi connectivity index (χ1v) is 5.98. The van der Waals surface area contributed by atoms with Crippen molar-refractivity contribution < 1.29 is 9.59 Å². The number of hydrogen-bond donors (Lipinski definition) is 0. The number of nitrogens with zero attached hydrogens (tertiary/aromatic N) is 1. The van der Waals surface area contributed by atoms with E-state index in [1.54, 1.807) is 4.90 Å². The number of benzene rings is 1. The Morgan fingerprint density at radius 3 is 2.44 bits per heavy atom. The summed E-state index contributed by atoms with van der Waals surface area (Å²) in [4.78, 5) is 24.0. The number of ketones is 1. The third kappa shape index (κ3) is 2.70. The van der Waals surface area contributed by atoms with Crippen molar-refractivity contribution in [1.29, 1.82) is 0 Å². The van der Waals surface area contributed by atoms with Gasteiger partial charge in [-0.05, 0) is 24.1 Å². The largest absolute Gasteiger partial charge is 0.335 e. The minimum Gasteiger partial charge on any atom is -0.335 e. The lowest BCUT2D eigenvalue weighted by atomic mass is 10.1. The Kier molecular flexibility index (Phi) is 3.39. The topological polar surface area (TPSA) is 37.4 Å². The van der Waals surface area contributed by atoms with Crippen LogP contribution in [0, 0.1) is 0 Å². The van der Waals surface area contributed by atoms with Gasteiger partial charge in [0.1, 0.15) is 0 Å². The van der Waals surface area contributed by atoms with Gasteiger partial charge in [0.2, 0.25) is 5.91 Å². The Hall–Kier alpha value is -1.16. The normalized spacial score (nSPS) is 15.9. The number of rotatable bonds is 3. The maximum Gasteiger partial charge on any atom is 0.230 e. The van der Waals surface area contributed by atoms with Crippen molar-refractivity contribution in [2.75, 3.05) is 13.1 Å². The van der Waals surface area contributed by atoms with Gasteiger partial charge in [-0.2, -0.15) is 0 Å². The molecule has 16 heavy (non-hydrogen) atoms. The molecule has 0 N–H and O–H groups in total. The van der Waals surface area contributed by atoms with Crippen molar-refractivity contribution in [2.45, 2.75) is 12.8 Å². The molecule has 0 aliphatic carbocycles. The fraction of sp³-hybridized carbons (Fsp3) is 0.333. The summed E-state index contributed by atoms with van der Waals surface area (Å²) in [5, 5.41) is 0. The van der Waals surface area contributed by atoms with Crippen LogP contribution in [0.2, 0.25) is 0 Å². The maximum atomic E-state index is 11.4. The minimum absolute atomic E-state index is 0.0285. The van der Waals surface area contributed by atoms with Gasteiger partial charge in [0.25, 0.3) is 0 Å². The fourth-order valence-corrected chi connectivity index (χ4v) is 2.02. The van der Waals surface area contributed by atoms with Gasteiger partial charge in [0, 0.05) is 11.0 Å². The van der Waals surface area contributed by atoms with Crippen LogP contribution in [0.5, 0.6) is 0 Å². The Balaban J connectivity index is 1.90. The summed E-state index contributed by atoms with van der Waals surface area (Å²) in [6.07, 6.45) is 0.882. The van der Waals surface area contributed by atoms with Crippen LogP contribution in [0.4, 0.5) is 0 Å². The van der Waals surface area contributed by atoms with Gasteiger partial charge in [0.15, 0.2) is 5.78 Å². The summed E-state index contributed by atoms with van der Waals surface area (Å²) in [5.41, 5.74) is 1.18. The third-order valence-corrected chi connectivity index (χ3v) is 3.18. The highest BCUT2D eigenvalue weighted by Gasteiger charge is 2.26. The standard InChI is InChI=1S/C12H12BrNO2/c13-10-3-1-9(2-4-10)5-6-14-8-11(15)7-12(14)16/h1-4H,5-8H2. The van der Waals surface area contributed by atoms with E-state index in [0.29, 0.717) is 6.54 Å². The Labute approximate surface area is 103 Å². The van der Waals surface area contributed by atoms with Gasteiger partial charge in [-0.15, -0.1) is 0 Å². The van der Waals surface area contributed by atoms with Gasteiger partial charge in [-0.25, -0.2) is 0 Å². The Morgan fingerprint density at radius 1 is 1.19 bits per heavy atom. The van der Waals surface area contributed by atoms with Crippen LogP contribution >= 0.6 is 15.9 Å². The molecule has 4 heteroatoms. The second-order valence-corrected chi connectivity index (χ2v) is 4.82. The van der Waals surface area contributed by atoms with Gasteiger partial charge >= 0.3 is 0 Å². The molecule has 0 aromatic heterocycles. The molecule has 0 saturated carbocycles. The first-order valence-electron chi connectivity index (χ1n) is 5.19. The predicted molar refractivity (Wildman–Crippen MR) is 64.1 cm³/mol. The summed E-state index contributed by atoms with van der Waals surface area (Å²) in [6.45, 7) is 0.918. The molecule has 0 radical (unpaired) electrons. The molecule has 1 fully saturated rings. The van der Waals surface area contributed by atoms with Crippen molar-refractivity contribution in [2.24, 2.45) is 0 Å². The zero-order chi connectivity index (χ0) is 11.5. The van der Waals surface area contributed by atoms with E-state index in [1.165, 1.54) is 5.56 Å². The van der Waals surface area contributed by atoms with E-state index >= 15 is 0 Å².